The Labute approximate surface area is 234 Å². The van der Waals surface area contributed by atoms with Gasteiger partial charge >= 0.3 is 5.97 Å². The zero-order valence-corrected chi connectivity index (χ0v) is 23.0. The van der Waals surface area contributed by atoms with Crippen LogP contribution in [0.4, 0.5) is 17.6 Å². The van der Waals surface area contributed by atoms with Crippen LogP contribution in [0.3, 0.4) is 0 Å². The maximum Gasteiger partial charge on any atom is 0.320 e. The Balaban J connectivity index is 1.18. The van der Waals surface area contributed by atoms with E-state index in [1.54, 1.807) is 12.1 Å². The average molecular weight is 561 g/mol. The lowest BCUT2D eigenvalue weighted by Crippen LogP contribution is -2.43. The van der Waals surface area contributed by atoms with E-state index in [9.17, 15) is 27.5 Å². The highest BCUT2D eigenvalue weighted by atomic mass is 19.3. The monoisotopic (exact) mass is 560 g/mol. The summed E-state index contributed by atoms with van der Waals surface area (Å²) in [5.41, 5.74) is 0.774. The van der Waals surface area contributed by atoms with Gasteiger partial charge in [0, 0.05) is 37.5 Å². The number of halogens is 4. The number of aliphatic carboxylic acids is 1. The number of piperidine rings is 1. The molecule has 0 bridgehead atoms. The highest BCUT2D eigenvalue weighted by Gasteiger charge is 2.42. The lowest BCUT2D eigenvalue weighted by molar-refractivity contribution is -0.144. The van der Waals surface area contributed by atoms with E-state index in [1.165, 1.54) is 24.6 Å². The molecule has 5 rings (SSSR count). The molecule has 2 aromatic carbocycles. The van der Waals surface area contributed by atoms with Crippen LogP contribution >= 0.6 is 0 Å². The highest BCUT2D eigenvalue weighted by molar-refractivity contribution is 5.73. The van der Waals surface area contributed by atoms with E-state index in [0.29, 0.717) is 31.8 Å². The predicted molar refractivity (Wildman–Crippen MR) is 146 cm³/mol. The van der Waals surface area contributed by atoms with Gasteiger partial charge in [0.15, 0.2) is 0 Å². The summed E-state index contributed by atoms with van der Waals surface area (Å²) in [5, 5.41) is 10.1. The number of carboxylic acids is 1. The smallest absolute Gasteiger partial charge is 0.320 e. The first-order valence-corrected chi connectivity index (χ1v) is 14.8. The molecule has 0 amide bonds. The van der Waals surface area contributed by atoms with E-state index in [0.717, 1.165) is 63.0 Å². The Bertz CT molecular complexity index is 1130. The Morgan fingerprint density at radius 1 is 0.950 bits per heavy atom. The molecule has 2 aliphatic heterocycles. The van der Waals surface area contributed by atoms with Crippen molar-refractivity contribution >= 4 is 5.97 Å². The molecule has 40 heavy (non-hydrogen) atoms. The molecule has 218 valence electrons. The Hall–Kier alpha value is -2.45. The van der Waals surface area contributed by atoms with Gasteiger partial charge in [0.25, 0.3) is 5.92 Å². The summed E-state index contributed by atoms with van der Waals surface area (Å²) < 4.78 is 56.7. The molecule has 3 aliphatic rings. The minimum Gasteiger partial charge on any atom is -0.480 e. The molecule has 1 saturated carbocycles. The van der Waals surface area contributed by atoms with Crippen molar-refractivity contribution in [2.24, 2.45) is 17.8 Å². The number of benzene rings is 2. The Kier molecular flexibility index (Phi) is 9.15. The van der Waals surface area contributed by atoms with Crippen LogP contribution in [0.25, 0.3) is 0 Å². The second kappa shape index (κ2) is 12.6. The zero-order valence-electron chi connectivity index (χ0n) is 23.0. The first kappa shape index (κ1) is 29.1. The molecular formula is C32H40F4N2O2. The molecule has 3 fully saturated rings. The van der Waals surface area contributed by atoms with Gasteiger partial charge < -0.3 is 10.0 Å². The number of alkyl halides is 2. The maximum absolute atomic E-state index is 14.7. The van der Waals surface area contributed by atoms with Crippen LogP contribution in [0.5, 0.6) is 0 Å². The van der Waals surface area contributed by atoms with Crippen LogP contribution in [0.15, 0.2) is 48.5 Å². The molecule has 3 atom stereocenters. The molecule has 0 radical (unpaired) electrons. The quantitative estimate of drug-likeness (QED) is 0.304. The SMILES string of the molecule is O=C(O)[C@@H](CC1CCC1)N1C[C@@H](CN2CCC(CCC(F)(F)c3ccc(F)cc3)CC2)[C@@H](c2cccc(F)c2)C1. The van der Waals surface area contributed by atoms with E-state index in [-0.39, 0.29) is 35.6 Å². The molecule has 4 nitrogen and oxygen atoms in total. The van der Waals surface area contributed by atoms with Crippen LogP contribution in [-0.4, -0.2) is 59.6 Å². The van der Waals surface area contributed by atoms with Crippen molar-refractivity contribution in [3.05, 3.63) is 71.3 Å². The third-order valence-electron chi connectivity index (χ3n) is 9.59. The second-order valence-electron chi connectivity index (χ2n) is 12.3. The van der Waals surface area contributed by atoms with E-state index in [1.807, 2.05) is 6.07 Å². The van der Waals surface area contributed by atoms with Gasteiger partial charge in [0.05, 0.1) is 0 Å². The fraction of sp³-hybridized carbons (Fsp3) is 0.594. The number of likely N-dealkylation sites (tertiary alicyclic amines) is 2. The van der Waals surface area contributed by atoms with Crippen molar-refractivity contribution in [3.8, 4) is 0 Å². The first-order valence-electron chi connectivity index (χ1n) is 14.8. The van der Waals surface area contributed by atoms with Crippen LogP contribution in [0.2, 0.25) is 0 Å². The molecule has 0 aromatic heterocycles. The fourth-order valence-electron chi connectivity index (χ4n) is 6.92. The molecule has 2 aromatic rings. The molecular weight excluding hydrogens is 520 g/mol. The predicted octanol–water partition coefficient (Wildman–Crippen LogP) is 6.91. The molecule has 2 saturated heterocycles. The summed E-state index contributed by atoms with van der Waals surface area (Å²) in [6.45, 7) is 3.67. The third kappa shape index (κ3) is 7.06. The lowest BCUT2D eigenvalue weighted by atomic mass is 9.80. The van der Waals surface area contributed by atoms with Gasteiger partial charge in [0.1, 0.15) is 17.7 Å². The molecule has 0 unspecified atom stereocenters. The van der Waals surface area contributed by atoms with Crippen molar-refractivity contribution in [2.75, 3.05) is 32.7 Å². The summed E-state index contributed by atoms with van der Waals surface area (Å²) in [4.78, 5) is 16.7. The first-order chi connectivity index (χ1) is 19.2. The largest absolute Gasteiger partial charge is 0.480 e. The molecule has 1 N–H and O–H groups in total. The van der Waals surface area contributed by atoms with Crippen LogP contribution < -0.4 is 0 Å². The van der Waals surface area contributed by atoms with Crippen molar-refractivity contribution < 1.29 is 27.5 Å². The van der Waals surface area contributed by atoms with E-state index in [4.69, 9.17) is 0 Å². The normalized spacial score (nSPS) is 24.2. The number of carbonyl (C=O) groups is 1. The van der Waals surface area contributed by atoms with E-state index >= 15 is 0 Å². The van der Waals surface area contributed by atoms with Gasteiger partial charge in [0.2, 0.25) is 0 Å². The second-order valence-corrected chi connectivity index (χ2v) is 12.3. The van der Waals surface area contributed by atoms with Gasteiger partial charge in [-0.15, -0.1) is 0 Å². The fourth-order valence-corrected chi connectivity index (χ4v) is 6.92. The summed E-state index contributed by atoms with van der Waals surface area (Å²) >= 11 is 0. The van der Waals surface area contributed by atoms with Crippen molar-refractivity contribution in [2.45, 2.75) is 69.2 Å². The third-order valence-corrected chi connectivity index (χ3v) is 9.59. The topological polar surface area (TPSA) is 43.8 Å². The zero-order chi connectivity index (χ0) is 28.3. The lowest BCUT2D eigenvalue weighted by Gasteiger charge is -2.35. The van der Waals surface area contributed by atoms with Gasteiger partial charge in [-0.05, 0) is 86.4 Å². The van der Waals surface area contributed by atoms with Crippen molar-refractivity contribution in [1.82, 2.24) is 9.80 Å². The van der Waals surface area contributed by atoms with Crippen molar-refractivity contribution in [3.63, 3.8) is 0 Å². The Morgan fingerprint density at radius 3 is 2.30 bits per heavy atom. The van der Waals surface area contributed by atoms with Crippen LogP contribution in [0.1, 0.15) is 68.4 Å². The molecule has 8 heteroatoms. The summed E-state index contributed by atoms with van der Waals surface area (Å²) in [7, 11) is 0. The number of hydrogen-bond donors (Lipinski definition) is 1. The van der Waals surface area contributed by atoms with Gasteiger partial charge in [-0.1, -0.05) is 43.5 Å². The Morgan fingerprint density at radius 2 is 1.68 bits per heavy atom. The standard InChI is InChI=1S/C32H40F4N2O2/c33-27-9-7-26(8-10-27)32(35,36)14-11-22-12-15-37(16-13-22)19-25-20-38(30(31(39)40)17-23-3-1-4-23)21-29(25)24-5-2-6-28(34)18-24/h2,5-10,18,22-23,25,29-30H,1,3-4,11-17,19-21H2,(H,39,40)/t25-,29-,30-/m1/s1. The maximum atomic E-state index is 14.7. The summed E-state index contributed by atoms with van der Waals surface area (Å²) in [6.07, 6.45) is 5.87. The summed E-state index contributed by atoms with van der Waals surface area (Å²) in [6, 6.07) is 10.7. The number of carboxylic acid groups (broad SMARTS) is 1. The summed E-state index contributed by atoms with van der Waals surface area (Å²) in [5.74, 6) is -3.65. The molecule has 1 aliphatic carbocycles. The number of nitrogens with zero attached hydrogens (tertiary/aromatic N) is 2. The minimum atomic E-state index is -2.98. The molecule has 2 heterocycles. The number of rotatable bonds is 11. The van der Waals surface area contributed by atoms with Gasteiger partial charge in [-0.3, -0.25) is 9.69 Å². The number of hydrogen-bond acceptors (Lipinski definition) is 3. The average Bonchev–Trinajstić information content (AvgIpc) is 3.31. The minimum absolute atomic E-state index is 0.0473. The van der Waals surface area contributed by atoms with E-state index < -0.39 is 23.8 Å². The highest BCUT2D eigenvalue weighted by Crippen LogP contribution is 2.39. The molecule has 0 spiro atoms. The van der Waals surface area contributed by atoms with Crippen LogP contribution in [-0.2, 0) is 10.7 Å². The van der Waals surface area contributed by atoms with Gasteiger partial charge in [-0.2, -0.15) is 0 Å². The van der Waals surface area contributed by atoms with Gasteiger partial charge in [-0.25, -0.2) is 17.6 Å². The van der Waals surface area contributed by atoms with Crippen molar-refractivity contribution in [1.29, 1.82) is 0 Å². The van der Waals surface area contributed by atoms with Crippen LogP contribution in [0, 0.1) is 29.4 Å². The van der Waals surface area contributed by atoms with E-state index in [2.05, 4.69) is 9.80 Å².